The van der Waals surface area contributed by atoms with Crippen molar-refractivity contribution in [1.82, 2.24) is 15.5 Å². The fourth-order valence-corrected chi connectivity index (χ4v) is 3.32. The number of nitrogens with zero attached hydrogens (tertiary/aromatic N) is 1. The fraction of sp³-hybridized carbons (Fsp3) is 0.737. The molecule has 0 spiro atoms. The summed E-state index contributed by atoms with van der Waals surface area (Å²) in [5, 5.41) is 24.3. The number of aliphatic hydroxyl groups is 1. The number of primary amides is 1. The molecule has 1 heterocycles. The van der Waals surface area contributed by atoms with E-state index >= 15 is 0 Å². The second-order valence-electron chi connectivity index (χ2n) is 8.10. The number of hydrogen-bond donors (Lipinski definition) is 6. The van der Waals surface area contributed by atoms with Crippen LogP contribution in [0.3, 0.4) is 0 Å². The van der Waals surface area contributed by atoms with Crippen LogP contribution in [0.15, 0.2) is 0 Å². The second-order valence-corrected chi connectivity index (χ2v) is 8.10. The van der Waals surface area contributed by atoms with E-state index in [0.29, 0.717) is 6.42 Å². The van der Waals surface area contributed by atoms with Crippen LogP contribution in [0.2, 0.25) is 0 Å². The lowest BCUT2D eigenvalue weighted by atomic mass is 10.0. The highest BCUT2D eigenvalue weighted by Gasteiger charge is 2.40. The van der Waals surface area contributed by atoms with Crippen LogP contribution in [0.4, 0.5) is 0 Å². The van der Waals surface area contributed by atoms with Crippen molar-refractivity contribution in [3.8, 4) is 0 Å². The molecular formula is C19H33N5O7. The molecule has 4 amide bonds. The van der Waals surface area contributed by atoms with Crippen molar-refractivity contribution < 1.29 is 34.2 Å². The minimum atomic E-state index is -1.38. The number of nitrogens with one attached hydrogen (secondary N) is 2. The van der Waals surface area contributed by atoms with Gasteiger partial charge in [0.2, 0.25) is 23.6 Å². The first-order valence-corrected chi connectivity index (χ1v) is 10.2. The molecular weight excluding hydrogens is 410 g/mol. The standard InChI is InChI=1S/C19H33N5O7/c1-9(2)14(22-16(27)11(20)6-7-13(21)26)17(28)23-15(10(3)25)18(29)24-8-4-5-12(24)19(30)31/h9-12,14-15,25H,4-8,20H2,1-3H3,(H2,21,26)(H,22,27)(H,23,28)(H,30,31). The number of aliphatic carboxylic acids is 1. The van der Waals surface area contributed by atoms with E-state index in [0.717, 1.165) is 4.90 Å². The number of likely N-dealkylation sites (tertiary alicyclic amines) is 1. The van der Waals surface area contributed by atoms with Crippen molar-refractivity contribution in [1.29, 1.82) is 0 Å². The Labute approximate surface area is 180 Å². The summed E-state index contributed by atoms with van der Waals surface area (Å²) in [7, 11) is 0. The van der Waals surface area contributed by atoms with Crippen LogP contribution in [-0.4, -0.2) is 81.5 Å². The summed E-state index contributed by atoms with van der Waals surface area (Å²) in [6.45, 7) is 4.84. The van der Waals surface area contributed by atoms with Gasteiger partial charge in [0.1, 0.15) is 18.1 Å². The SMILES string of the molecule is CC(C)C(NC(=O)C(N)CCC(N)=O)C(=O)NC(C(=O)N1CCCC1C(=O)O)C(C)O. The maximum Gasteiger partial charge on any atom is 0.326 e. The molecule has 1 aliphatic heterocycles. The number of carboxylic acids is 1. The van der Waals surface area contributed by atoms with Crippen molar-refractivity contribution >= 4 is 29.6 Å². The third kappa shape index (κ3) is 7.47. The highest BCUT2D eigenvalue weighted by Crippen LogP contribution is 2.19. The lowest BCUT2D eigenvalue weighted by Crippen LogP contribution is -2.60. The molecule has 12 heteroatoms. The monoisotopic (exact) mass is 443 g/mol. The topological polar surface area (TPSA) is 205 Å². The van der Waals surface area contributed by atoms with Gasteiger partial charge < -0.3 is 37.2 Å². The van der Waals surface area contributed by atoms with Crippen molar-refractivity contribution in [3.05, 3.63) is 0 Å². The van der Waals surface area contributed by atoms with Crippen LogP contribution >= 0.6 is 0 Å². The predicted octanol–water partition coefficient (Wildman–Crippen LogP) is -2.34. The predicted molar refractivity (Wildman–Crippen MR) is 109 cm³/mol. The van der Waals surface area contributed by atoms with Gasteiger partial charge >= 0.3 is 5.97 Å². The van der Waals surface area contributed by atoms with Gasteiger partial charge in [0.25, 0.3) is 0 Å². The van der Waals surface area contributed by atoms with E-state index in [2.05, 4.69) is 10.6 Å². The molecule has 1 saturated heterocycles. The Hall–Kier alpha value is -2.73. The van der Waals surface area contributed by atoms with E-state index in [4.69, 9.17) is 11.5 Å². The van der Waals surface area contributed by atoms with Gasteiger partial charge in [-0.3, -0.25) is 19.2 Å². The number of rotatable bonds is 11. The molecule has 1 aliphatic rings. The number of carboxylic acid groups (broad SMARTS) is 1. The Morgan fingerprint density at radius 1 is 1.06 bits per heavy atom. The van der Waals surface area contributed by atoms with Crippen LogP contribution in [0.25, 0.3) is 0 Å². The minimum Gasteiger partial charge on any atom is -0.480 e. The zero-order valence-corrected chi connectivity index (χ0v) is 18.0. The average molecular weight is 444 g/mol. The highest BCUT2D eigenvalue weighted by molar-refractivity contribution is 5.94. The summed E-state index contributed by atoms with van der Waals surface area (Å²) in [5.41, 5.74) is 10.8. The van der Waals surface area contributed by atoms with Gasteiger partial charge in [-0.25, -0.2) is 4.79 Å². The largest absolute Gasteiger partial charge is 0.480 e. The summed E-state index contributed by atoms with van der Waals surface area (Å²) < 4.78 is 0. The van der Waals surface area contributed by atoms with Crippen LogP contribution in [0.1, 0.15) is 46.5 Å². The molecule has 0 radical (unpaired) electrons. The zero-order valence-electron chi connectivity index (χ0n) is 18.0. The molecule has 176 valence electrons. The number of carbonyl (C=O) groups is 5. The van der Waals surface area contributed by atoms with E-state index in [1.54, 1.807) is 13.8 Å². The third-order valence-corrected chi connectivity index (χ3v) is 5.15. The lowest BCUT2D eigenvalue weighted by Gasteiger charge is -2.31. The van der Waals surface area contributed by atoms with Crippen molar-refractivity contribution in [2.75, 3.05) is 6.54 Å². The first-order chi connectivity index (χ1) is 14.4. The van der Waals surface area contributed by atoms with Gasteiger partial charge in [0.05, 0.1) is 12.1 Å². The molecule has 0 bridgehead atoms. The van der Waals surface area contributed by atoms with Gasteiger partial charge in [-0.15, -0.1) is 0 Å². The van der Waals surface area contributed by atoms with Crippen molar-refractivity contribution in [2.45, 2.75) is 76.7 Å². The molecule has 5 atom stereocenters. The van der Waals surface area contributed by atoms with Crippen molar-refractivity contribution in [3.63, 3.8) is 0 Å². The first kappa shape index (κ1) is 26.3. The van der Waals surface area contributed by atoms with E-state index < -0.39 is 65.8 Å². The Morgan fingerprint density at radius 2 is 1.65 bits per heavy atom. The number of carbonyl (C=O) groups excluding carboxylic acids is 4. The zero-order chi connectivity index (χ0) is 23.9. The molecule has 0 aromatic rings. The van der Waals surface area contributed by atoms with E-state index in [1.807, 2.05) is 0 Å². The quantitative estimate of drug-likeness (QED) is 0.203. The summed E-state index contributed by atoms with van der Waals surface area (Å²) >= 11 is 0. The molecule has 8 N–H and O–H groups in total. The molecule has 31 heavy (non-hydrogen) atoms. The van der Waals surface area contributed by atoms with Gasteiger partial charge in [0.15, 0.2) is 0 Å². The minimum absolute atomic E-state index is 0.00786. The maximum absolute atomic E-state index is 12.8. The molecule has 1 rings (SSSR count). The average Bonchev–Trinajstić information content (AvgIpc) is 3.17. The number of nitrogens with two attached hydrogens (primary N) is 2. The maximum atomic E-state index is 12.8. The van der Waals surface area contributed by atoms with E-state index in [1.165, 1.54) is 6.92 Å². The summed E-state index contributed by atoms with van der Waals surface area (Å²) in [5.74, 6) is -4.26. The van der Waals surface area contributed by atoms with Crippen molar-refractivity contribution in [2.24, 2.45) is 17.4 Å². The molecule has 1 fully saturated rings. The van der Waals surface area contributed by atoms with Crippen LogP contribution < -0.4 is 22.1 Å². The van der Waals surface area contributed by atoms with Crippen LogP contribution in [-0.2, 0) is 24.0 Å². The summed E-state index contributed by atoms with van der Waals surface area (Å²) in [4.78, 5) is 61.3. The summed E-state index contributed by atoms with van der Waals surface area (Å²) in [6, 6.07) is -4.53. The van der Waals surface area contributed by atoms with Gasteiger partial charge in [-0.05, 0) is 32.1 Å². The van der Waals surface area contributed by atoms with Crippen LogP contribution in [0, 0.1) is 5.92 Å². The number of amides is 4. The van der Waals surface area contributed by atoms with E-state index in [9.17, 15) is 34.2 Å². The second kappa shape index (κ2) is 11.6. The Bertz CT molecular complexity index is 697. The van der Waals surface area contributed by atoms with Crippen LogP contribution in [0.5, 0.6) is 0 Å². The molecule has 0 aromatic carbocycles. The highest BCUT2D eigenvalue weighted by atomic mass is 16.4. The van der Waals surface area contributed by atoms with Gasteiger partial charge in [-0.2, -0.15) is 0 Å². The first-order valence-electron chi connectivity index (χ1n) is 10.2. The molecule has 0 saturated carbocycles. The Balaban J connectivity index is 2.89. The molecule has 0 aromatic heterocycles. The van der Waals surface area contributed by atoms with Gasteiger partial charge in [0, 0.05) is 13.0 Å². The Kier molecular flexibility index (Phi) is 9.85. The van der Waals surface area contributed by atoms with Gasteiger partial charge in [-0.1, -0.05) is 13.8 Å². The number of hydrogen-bond acceptors (Lipinski definition) is 7. The normalized spacial score (nSPS) is 19.9. The smallest absolute Gasteiger partial charge is 0.326 e. The molecule has 12 nitrogen and oxygen atoms in total. The molecule has 0 aliphatic carbocycles. The third-order valence-electron chi connectivity index (χ3n) is 5.15. The molecule has 5 unspecified atom stereocenters. The lowest BCUT2D eigenvalue weighted by molar-refractivity contribution is -0.151. The number of aliphatic hydroxyl groups excluding tert-OH is 1. The fourth-order valence-electron chi connectivity index (χ4n) is 3.32. The summed E-state index contributed by atoms with van der Waals surface area (Å²) in [6.07, 6.45) is -0.597. The Morgan fingerprint density at radius 3 is 2.13 bits per heavy atom. The van der Waals surface area contributed by atoms with E-state index in [-0.39, 0.29) is 25.8 Å².